The summed E-state index contributed by atoms with van der Waals surface area (Å²) in [6.07, 6.45) is 3.78. The molecule has 2 aliphatic heterocycles. The number of hydrogen-bond acceptors (Lipinski definition) is 4. The lowest BCUT2D eigenvalue weighted by Crippen LogP contribution is -2.41. The van der Waals surface area contributed by atoms with Crippen LogP contribution in [0.15, 0.2) is 48.0 Å². The summed E-state index contributed by atoms with van der Waals surface area (Å²) < 4.78 is 0. The Morgan fingerprint density at radius 1 is 1.19 bits per heavy atom. The van der Waals surface area contributed by atoms with Crippen molar-refractivity contribution in [3.05, 3.63) is 74.8 Å². The summed E-state index contributed by atoms with van der Waals surface area (Å²) >= 11 is 12.8. The zero-order valence-electron chi connectivity index (χ0n) is 16.5. The number of aliphatic hydroxyl groups is 1. The molecule has 1 atom stereocenters. The first-order chi connectivity index (χ1) is 14.3. The van der Waals surface area contributed by atoms with Crippen LogP contribution in [-0.2, 0) is 10.4 Å². The van der Waals surface area contributed by atoms with Crippen LogP contribution in [0.3, 0.4) is 0 Å². The molecule has 2 aromatic carbocycles. The van der Waals surface area contributed by atoms with E-state index in [1.54, 1.807) is 24.3 Å². The summed E-state index contributed by atoms with van der Waals surface area (Å²) in [7, 11) is 0. The Morgan fingerprint density at radius 3 is 2.52 bits per heavy atom. The van der Waals surface area contributed by atoms with Crippen LogP contribution in [0.4, 0.5) is 5.69 Å². The van der Waals surface area contributed by atoms with E-state index in [-0.39, 0.29) is 45.7 Å². The van der Waals surface area contributed by atoms with Crippen molar-refractivity contribution in [3.63, 3.8) is 0 Å². The van der Waals surface area contributed by atoms with Gasteiger partial charge in [-0.2, -0.15) is 0 Å². The Bertz CT molecular complexity index is 1070. The molecule has 164 valence electrons. The zero-order chi connectivity index (χ0) is 21.5. The van der Waals surface area contributed by atoms with Crippen molar-refractivity contribution < 1.29 is 14.7 Å². The number of carbonyl (C=O) groups is 2. The third-order valence-corrected chi connectivity index (χ3v) is 6.26. The molecule has 0 aromatic heterocycles. The van der Waals surface area contributed by atoms with Crippen LogP contribution in [0.1, 0.15) is 34.3 Å². The van der Waals surface area contributed by atoms with Crippen molar-refractivity contribution in [1.29, 1.82) is 0 Å². The topological polar surface area (TPSA) is 95.7 Å². The van der Waals surface area contributed by atoms with Gasteiger partial charge in [-0.15, -0.1) is 12.4 Å². The SMILES string of the molecule is Cl.NC(=O)c1cc(Cl)c2c(c1)N(CC=C1CCNCC1)C(=O)C2(O)c1ccccc1Cl. The molecule has 2 heterocycles. The predicted octanol–water partition coefficient (Wildman–Crippen LogP) is 3.41. The third kappa shape index (κ3) is 4.06. The fraction of sp³-hybridized carbons (Fsp3) is 0.273. The summed E-state index contributed by atoms with van der Waals surface area (Å²) in [5, 5.41) is 15.3. The second kappa shape index (κ2) is 9.18. The molecule has 2 amide bonds. The van der Waals surface area contributed by atoms with Crippen molar-refractivity contribution in [2.45, 2.75) is 18.4 Å². The van der Waals surface area contributed by atoms with E-state index in [1.807, 2.05) is 6.08 Å². The highest BCUT2D eigenvalue weighted by molar-refractivity contribution is 6.35. The molecular weight excluding hydrogens is 461 g/mol. The van der Waals surface area contributed by atoms with E-state index in [1.165, 1.54) is 22.6 Å². The fourth-order valence-electron chi connectivity index (χ4n) is 4.08. The Kier molecular flexibility index (Phi) is 6.98. The Hall–Kier alpha value is -2.09. The quantitative estimate of drug-likeness (QED) is 0.582. The number of halogens is 3. The van der Waals surface area contributed by atoms with Crippen LogP contribution in [0, 0.1) is 0 Å². The molecule has 6 nitrogen and oxygen atoms in total. The number of piperidine rings is 1. The lowest BCUT2D eigenvalue weighted by molar-refractivity contribution is -0.132. The van der Waals surface area contributed by atoms with Gasteiger partial charge in [0.1, 0.15) is 0 Å². The highest BCUT2D eigenvalue weighted by atomic mass is 35.5. The fourth-order valence-corrected chi connectivity index (χ4v) is 4.70. The van der Waals surface area contributed by atoms with Crippen molar-refractivity contribution >= 4 is 53.1 Å². The standard InChI is InChI=1S/C22H21Cl2N3O3.ClH/c23-16-4-2-1-3-15(16)22(30)19-17(24)11-14(20(25)28)12-18(19)27(21(22)29)10-7-13-5-8-26-9-6-13;/h1-4,7,11-12,26,30H,5-6,8-10H2,(H2,25,28);1H. The largest absolute Gasteiger partial charge is 0.372 e. The first-order valence-corrected chi connectivity index (χ1v) is 10.4. The van der Waals surface area contributed by atoms with E-state index in [4.69, 9.17) is 28.9 Å². The number of amides is 2. The molecule has 4 rings (SSSR count). The Morgan fingerprint density at radius 2 is 1.87 bits per heavy atom. The van der Waals surface area contributed by atoms with Crippen molar-refractivity contribution in [2.24, 2.45) is 5.73 Å². The molecule has 1 fully saturated rings. The van der Waals surface area contributed by atoms with Crippen LogP contribution in [0.2, 0.25) is 10.0 Å². The van der Waals surface area contributed by atoms with Crippen molar-refractivity contribution in [1.82, 2.24) is 5.32 Å². The van der Waals surface area contributed by atoms with Gasteiger partial charge in [-0.25, -0.2) is 0 Å². The van der Waals surface area contributed by atoms with Gasteiger partial charge in [0.15, 0.2) is 5.60 Å². The first-order valence-electron chi connectivity index (χ1n) is 9.66. The van der Waals surface area contributed by atoms with Gasteiger partial charge in [0.2, 0.25) is 5.91 Å². The van der Waals surface area contributed by atoms with Gasteiger partial charge >= 0.3 is 0 Å². The van der Waals surface area contributed by atoms with Crippen LogP contribution in [-0.4, -0.2) is 36.6 Å². The smallest absolute Gasteiger partial charge is 0.268 e. The van der Waals surface area contributed by atoms with Crippen LogP contribution < -0.4 is 16.0 Å². The number of benzene rings is 2. The van der Waals surface area contributed by atoms with E-state index in [0.717, 1.165) is 25.9 Å². The number of primary amides is 1. The number of carbonyl (C=O) groups excluding carboxylic acids is 2. The van der Waals surface area contributed by atoms with Crippen molar-refractivity contribution in [3.8, 4) is 0 Å². The number of fused-ring (bicyclic) bond motifs is 1. The Labute approximate surface area is 196 Å². The summed E-state index contributed by atoms with van der Waals surface area (Å²) in [5.74, 6) is -1.24. The normalized spacial score (nSPS) is 20.3. The molecule has 9 heteroatoms. The first kappa shape index (κ1) is 23.6. The van der Waals surface area contributed by atoms with E-state index in [9.17, 15) is 14.7 Å². The average Bonchev–Trinajstić information content (AvgIpc) is 2.95. The maximum absolute atomic E-state index is 13.5. The maximum atomic E-state index is 13.5. The van der Waals surface area contributed by atoms with Crippen LogP contribution in [0.5, 0.6) is 0 Å². The van der Waals surface area contributed by atoms with E-state index >= 15 is 0 Å². The van der Waals surface area contributed by atoms with Crippen LogP contribution in [0.25, 0.3) is 0 Å². The molecule has 1 unspecified atom stereocenters. The minimum atomic E-state index is -2.06. The maximum Gasteiger partial charge on any atom is 0.268 e. The number of rotatable bonds is 4. The van der Waals surface area contributed by atoms with Gasteiger partial charge < -0.3 is 21.1 Å². The van der Waals surface area contributed by atoms with Crippen molar-refractivity contribution in [2.75, 3.05) is 24.5 Å². The molecule has 31 heavy (non-hydrogen) atoms. The molecule has 0 aliphatic carbocycles. The van der Waals surface area contributed by atoms with Gasteiger partial charge in [0.25, 0.3) is 5.91 Å². The molecule has 1 saturated heterocycles. The minimum absolute atomic E-state index is 0. The van der Waals surface area contributed by atoms with Gasteiger partial charge in [0.05, 0.1) is 10.7 Å². The van der Waals surface area contributed by atoms with Gasteiger partial charge in [-0.1, -0.05) is 53.1 Å². The molecule has 0 saturated carbocycles. The summed E-state index contributed by atoms with van der Waals surface area (Å²) in [6, 6.07) is 9.47. The molecule has 0 radical (unpaired) electrons. The van der Waals surface area contributed by atoms with E-state index in [2.05, 4.69) is 5.32 Å². The number of nitrogens with two attached hydrogens (primary N) is 1. The van der Waals surface area contributed by atoms with E-state index in [0.29, 0.717) is 5.69 Å². The third-order valence-electron chi connectivity index (χ3n) is 5.63. The second-order valence-corrected chi connectivity index (χ2v) is 8.25. The molecule has 0 bridgehead atoms. The van der Waals surface area contributed by atoms with Crippen LogP contribution >= 0.6 is 35.6 Å². The monoisotopic (exact) mass is 481 g/mol. The lowest BCUT2D eigenvalue weighted by Gasteiger charge is -2.25. The summed E-state index contributed by atoms with van der Waals surface area (Å²) in [5.41, 5.74) is 5.58. The average molecular weight is 483 g/mol. The molecule has 2 aromatic rings. The van der Waals surface area contributed by atoms with Gasteiger partial charge in [-0.05, 0) is 44.1 Å². The van der Waals surface area contributed by atoms with Gasteiger partial charge in [0, 0.05) is 28.3 Å². The number of nitrogens with zero attached hydrogens (tertiary/aromatic N) is 1. The molecule has 4 N–H and O–H groups in total. The number of anilines is 1. The highest BCUT2D eigenvalue weighted by Crippen LogP contribution is 2.49. The van der Waals surface area contributed by atoms with E-state index < -0.39 is 17.4 Å². The summed E-state index contributed by atoms with van der Waals surface area (Å²) in [6.45, 7) is 2.02. The predicted molar refractivity (Wildman–Crippen MR) is 124 cm³/mol. The highest BCUT2D eigenvalue weighted by Gasteiger charge is 2.53. The van der Waals surface area contributed by atoms with Gasteiger partial charge in [-0.3, -0.25) is 9.59 Å². The number of nitrogens with one attached hydrogen (secondary N) is 1. The number of hydrogen-bond donors (Lipinski definition) is 3. The second-order valence-electron chi connectivity index (χ2n) is 7.43. The molecular formula is C22H22Cl3N3O3. The zero-order valence-corrected chi connectivity index (χ0v) is 18.9. The molecule has 0 spiro atoms. The summed E-state index contributed by atoms with van der Waals surface area (Å²) in [4.78, 5) is 26.8. The Balaban J connectivity index is 0.00000272. The minimum Gasteiger partial charge on any atom is -0.372 e. The lowest BCUT2D eigenvalue weighted by atomic mass is 9.87. The molecule has 2 aliphatic rings.